The highest BCUT2D eigenvalue weighted by Crippen LogP contribution is 2.23. The van der Waals surface area contributed by atoms with Gasteiger partial charge in [-0.2, -0.15) is 0 Å². The Morgan fingerprint density at radius 1 is 0.966 bits per heavy atom. The quantitative estimate of drug-likeness (QED) is 0.665. The van der Waals surface area contributed by atoms with E-state index in [2.05, 4.69) is 49.8 Å². The van der Waals surface area contributed by atoms with Crippen LogP contribution in [0.25, 0.3) is 0 Å². The third-order valence-corrected chi connectivity index (χ3v) is 5.15. The number of amides is 1. The summed E-state index contributed by atoms with van der Waals surface area (Å²) in [6.45, 7) is 6.27. The highest BCUT2D eigenvalue weighted by Gasteiger charge is 2.13. The summed E-state index contributed by atoms with van der Waals surface area (Å²) in [7, 11) is 0. The Kier molecular flexibility index (Phi) is 5.42. The number of carbonyl (C=O) groups is 1. The molecule has 2 heterocycles. The van der Waals surface area contributed by atoms with Gasteiger partial charge in [-0.15, -0.1) is 0 Å². The van der Waals surface area contributed by atoms with Crippen molar-refractivity contribution in [1.82, 2.24) is 9.97 Å². The summed E-state index contributed by atoms with van der Waals surface area (Å²) in [5.74, 6) is 0.238. The van der Waals surface area contributed by atoms with Crippen molar-refractivity contribution in [2.75, 3.05) is 28.6 Å². The lowest BCUT2D eigenvalue weighted by Gasteiger charge is -2.17. The molecule has 1 aromatic heterocycles. The van der Waals surface area contributed by atoms with Crippen molar-refractivity contribution < 1.29 is 4.79 Å². The van der Waals surface area contributed by atoms with E-state index in [1.54, 1.807) is 0 Å². The van der Waals surface area contributed by atoms with Crippen LogP contribution in [0.15, 0.2) is 54.9 Å². The number of anilines is 4. The van der Waals surface area contributed by atoms with Crippen LogP contribution >= 0.6 is 0 Å². The molecule has 1 saturated heterocycles. The zero-order chi connectivity index (χ0) is 20.2. The van der Waals surface area contributed by atoms with E-state index in [-0.39, 0.29) is 5.91 Å². The number of nitrogens with one attached hydrogen (secondary N) is 2. The number of hydrogen-bond donors (Lipinski definition) is 2. The van der Waals surface area contributed by atoms with Gasteiger partial charge >= 0.3 is 0 Å². The lowest BCUT2D eigenvalue weighted by Crippen LogP contribution is -2.17. The lowest BCUT2D eigenvalue weighted by atomic mass is 10.1. The number of nitrogens with zero attached hydrogens (tertiary/aromatic N) is 3. The Hall–Kier alpha value is -3.41. The molecule has 2 aromatic carbocycles. The van der Waals surface area contributed by atoms with Crippen molar-refractivity contribution in [2.45, 2.75) is 26.7 Å². The van der Waals surface area contributed by atoms with Crippen molar-refractivity contribution in [2.24, 2.45) is 0 Å². The smallest absolute Gasteiger partial charge is 0.258 e. The van der Waals surface area contributed by atoms with Crippen LogP contribution in [0.3, 0.4) is 0 Å². The second-order valence-corrected chi connectivity index (χ2v) is 7.43. The summed E-state index contributed by atoms with van der Waals surface area (Å²) >= 11 is 0. The first kappa shape index (κ1) is 18.9. The standard InChI is InChI=1S/C23H25N5O/c1-16-5-6-17(2)21(13-16)27-23-24-14-18(15-25-23)22(29)26-19-7-9-20(10-8-19)28-11-3-4-12-28/h5-10,13-15H,3-4,11-12H2,1-2H3,(H,26,29)(H,24,25,27). The Bertz CT molecular complexity index is 993. The largest absolute Gasteiger partial charge is 0.372 e. The minimum absolute atomic E-state index is 0.225. The maximum absolute atomic E-state index is 12.5. The zero-order valence-electron chi connectivity index (χ0n) is 16.8. The second kappa shape index (κ2) is 8.31. The molecule has 1 aliphatic heterocycles. The van der Waals surface area contributed by atoms with E-state index in [4.69, 9.17) is 0 Å². The molecular formula is C23H25N5O. The van der Waals surface area contributed by atoms with Gasteiger partial charge in [-0.3, -0.25) is 4.79 Å². The van der Waals surface area contributed by atoms with Gasteiger partial charge in [0.2, 0.25) is 5.95 Å². The van der Waals surface area contributed by atoms with Crippen LogP contribution in [0.4, 0.5) is 23.0 Å². The molecule has 0 unspecified atom stereocenters. The van der Waals surface area contributed by atoms with Crippen LogP contribution in [0.5, 0.6) is 0 Å². The molecule has 0 bridgehead atoms. The van der Waals surface area contributed by atoms with Crippen LogP contribution in [-0.4, -0.2) is 29.0 Å². The Morgan fingerprint density at radius 2 is 1.66 bits per heavy atom. The first-order chi connectivity index (χ1) is 14.1. The lowest BCUT2D eigenvalue weighted by molar-refractivity contribution is 0.102. The molecule has 6 heteroatoms. The number of aromatic nitrogens is 2. The first-order valence-corrected chi connectivity index (χ1v) is 9.91. The highest BCUT2D eigenvalue weighted by molar-refractivity contribution is 6.04. The molecule has 29 heavy (non-hydrogen) atoms. The molecule has 148 valence electrons. The van der Waals surface area contributed by atoms with Crippen molar-refractivity contribution in [3.63, 3.8) is 0 Å². The van der Waals surface area contributed by atoms with Gasteiger partial charge in [-0.1, -0.05) is 12.1 Å². The molecule has 1 aliphatic rings. The summed E-state index contributed by atoms with van der Waals surface area (Å²) in [5.41, 5.74) is 5.60. The fourth-order valence-corrected chi connectivity index (χ4v) is 3.43. The minimum Gasteiger partial charge on any atom is -0.372 e. The molecule has 0 radical (unpaired) electrons. The van der Waals surface area contributed by atoms with E-state index in [0.29, 0.717) is 11.5 Å². The summed E-state index contributed by atoms with van der Waals surface area (Å²) in [4.78, 5) is 23.4. The average molecular weight is 387 g/mol. The Balaban J connectivity index is 1.39. The number of hydrogen-bond acceptors (Lipinski definition) is 5. The van der Waals surface area contributed by atoms with Crippen LogP contribution in [0.1, 0.15) is 34.3 Å². The number of carbonyl (C=O) groups excluding carboxylic acids is 1. The fourth-order valence-electron chi connectivity index (χ4n) is 3.43. The predicted molar refractivity (Wildman–Crippen MR) is 117 cm³/mol. The average Bonchev–Trinajstić information content (AvgIpc) is 3.27. The third kappa shape index (κ3) is 4.54. The SMILES string of the molecule is Cc1ccc(C)c(Nc2ncc(C(=O)Nc3ccc(N4CCCC4)cc3)cn2)c1. The van der Waals surface area contributed by atoms with Crippen molar-refractivity contribution in [3.8, 4) is 0 Å². The monoisotopic (exact) mass is 387 g/mol. The molecule has 0 aliphatic carbocycles. The van der Waals surface area contributed by atoms with Crippen molar-refractivity contribution in [3.05, 3.63) is 71.5 Å². The molecule has 2 N–H and O–H groups in total. The number of rotatable bonds is 5. The molecule has 1 amide bonds. The van der Waals surface area contributed by atoms with Crippen molar-refractivity contribution in [1.29, 1.82) is 0 Å². The summed E-state index contributed by atoms with van der Waals surface area (Å²) in [6.07, 6.45) is 5.56. The number of aryl methyl sites for hydroxylation is 2. The van der Waals surface area contributed by atoms with Gasteiger partial charge in [0.1, 0.15) is 0 Å². The zero-order valence-corrected chi connectivity index (χ0v) is 16.8. The molecule has 0 saturated carbocycles. The maximum Gasteiger partial charge on any atom is 0.258 e. The number of benzene rings is 2. The van der Waals surface area contributed by atoms with Crippen molar-refractivity contribution >= 4 is 28.9 Å². The van der Waals surface area contributed by atoms with Crippen LogP contribution in [0, 0.1) is 13.8 Å². The van der Waals surface area contributed by atoms with E-state index in [1.807, 2.05) is 32.0 Å². The Morgan fingerprint density at radius 3 is 2.34 bits per heavy atom. The van der Waals surface area contributed by atoms with Gasteiger partial charge in [-0.25, -0.2) is 9.97 Å². The minimum atomic E-state index is -0.225. The fraction of sp³-hybridized carbons (Fsp3) is 0.261. The molecule has 4 rings (SSSR count). The van der Waals surface area contributed by atoms with Crippen LogP contribution in [0.2, 0.25) is 0 Å². The maximum atomic E-state index is 12.5. The molecule has 6 nitrogen and oxygen atoms in total. The molecule has 0 atom stereocenters. The Labute approximate surface area is 171 Å². The van der Waals surface area contributed by atoms with Gasteiger partial charge in [-0.05, 0) is 68.1 Å². The van der Waals surface area contributed by atoms with Crippen LogP contribution in [-0.2, 0) is 0 Å². The van der Waals surface area contributed by atoms with E-state index in [0.717, 1.165) is 35.6 Å². The molecule has 3 aromatic rings. The van der Waals surface area contributed by atoms with Gasteiger partial charge in [0, 0.05) is 42.5 Å². The second-order valence-electron chi connectivity index (χ2n) is 7.43. The summed E-state index contributed by atoms with van der Waals surface area (Å²) in [6, 6.07) is 14.1. The normalized spacial score (nSPS) is 13.4. The molecule has 0 spiro atoms. The van der Waals surface area contributed by atoms with E-state index in [9.17, 15) is 4.79 Å². The predicted octanol–water partition coefficient (Wildman–Crippen LogP) is 4.69. The summed E-state index contributed by atoms with van der Waals surface area (Å²) < 4.78 is 0. The highest BCUT2D eigenvalue weighted by atomic mass is 16.1. The first-order valence-electron chi connectivity index (χ1n) is 9.91. The summed E-state index contributed by atoms with van der Waals surface area (Å²) in [5, 5.41) is 6.11. The van der Waals surface area contributed by atoms with E-state index >= 15 is 0 Å². The topological polar surface area (TPSA) is 70.2 Å². The molecule has 1 fully saturated rings. The molecular weight excluding hydrogens is 362 g/mol. The van der Waals surface area contributed by atoms with Crippen LogP contribution < -0.4 is 15.5 Å². The van der Waals surface area contributed by atoms with Gasteiger partial charge in [0.15, 0.2) is 0 Å². The van der Waals surface area contributed by atoms with Gasteiger partial charge in [0.25, 0.3) is 5.91 Å². The van der Waals surface area contributed by atoms with Gasteiger partial charge < -0.3 is 15.5 Å². The third-order valence-electron chi connectivity index (χ3n) is 5.15. The van der Waals surface area contributed by atoms with E-state index in [1.165, 1.54) is 30.9 Å². The van der Waals surface area contributed by atoms with Gasteiger partial charge in [0.05, 0.1) is 5.56 Å². The van der Waals surface area contributed by atoms with E-state index < -0.39 is 0 Å².